The summed E-state index contributed by atoms with van der Waals surface area (Å²) in [6.45, 7) is 13.4. The summed E-state index contributed by atoms with van der Waals surface area (Å²) < 4.78 is 16.5. The van der Waals surface area contributed by atoms with Crippen LogP contribution in [0.4, 0.5) is 0 Å². The quantitative estimate of drug-likeness (QED) is 0.254. The topological polar surface area (TPSA) is 103 Å². The second-order valence-corrected chi connectivity index (χ2v) is 11.6. The number of carbonyl (C=O) groups excluding carboxylic acids is 1. The highest BCUT2D eigenvalue weighted by atomic mass is 16.5. The third-order valence-corrected chi connectivity index (χ3v) is 7.97. The van der Waals surface area contributed by atoms with Gasteiger partial charge in [0.2, 0.25) is 5.91 Å². The van der Waals surface area contributed by atoms with Crippen molar-refractivity contribution in [1.82, 2.24) is 5.32 Å². The van der Waals surface area contributed by atoms with Crippen LogP contribution in [-0.4, -0.2) is 62.7 Å². The van der Waals surface area contributed by atoms with Gasteiger partial charge in [-0.3, -0.25) is 4.79 Å². The van der Waals surface area contributed by atoms with E-state index in [1.807, 2.05) is 13.8 Å². The van der Waals surface area contributed by atoms with E-state index in [2.05, 4.69) is 44.3 Å². The van der Waals surface area contributed by atoms with Crippen molar-refractivity contribution in [2.24, 2.45) is 29.4 Å². The minimum atomic E-state index is -0.724. The van der Waals surface area contributed by atoms with Crippen molar-refractivity contribution in [1.29, 1.82) is 0 Å². The van der Waals surface area contributed by atoms with Crippen LogP contribution in [0.15, 0.2) is 18.2 Å². The normalized spacial score (nSPS) is 17.8. The summed E-state index contributed by atoms with van der Waals surface area (Å²) in [6, 6.07) is 6.25. The standard InChI is InChI=1S/C31H54N2O5/c1-7-24-17-23(9-10-30(24)38-14-8-13-36-6)18-25(21(2)3)19-28(32)29(34)20-27(22(4)5)31(35)33-26-11-15-37-16-12-26/h9-10,17,21-22,25-29,34H,7-8,11-16,18-20,32H2,1-6H3,(H,33,35)/t25-,27-,28-,29-/m0/s1. The van der Waals surface area contributed by atoms with Crippen LogP contribution in [0, 0.1) is 23.7 Å². The van der Waals surface area contributed by atoms with Crippen LogP contribution in [-0.2, 0) is 27.1 Å². The first-order valence-electron chi connectivity index (χ1n) is 14.7. The lowest BCUT2D eigenvalue weighted by Crippen LogP contribution is -2.46. The predicted molar refractivity (Wildman–Crippen MR) is 153 cm³/mol. The minimum Gasteiger partial charge on any atom is -0.493 e. The Kier molecular flexibility index (Phi) is 14.7. The van der Waals surface area contributed by atoms with Gasteiger partial charge in [0.1, 0.15) is 5.75 Å². The van der Waals surface area contributed by atoms with Gasteiger partial charge in [0.05, 0.1) is 12.7 Å². The van der Waals surface area contributed by atoms with E-state index in [-0.39, 0.29) is 29.8 Å². The maximum Gasteiger partial charge on any atom is 0.223 e. The first-order chi connectivity index (χ1) is 18.2. The zero-order valence-electron chi connectivity index (χ0n) is 24.7. The smallest absolute Gasteiger partial charge is 0.223 e. The summed E-state index contributed by atoms with van der Waals surface area (Å²) in [7, 11) is 1.70. The molecule has 1 aliphatic heterocycles. The SMILES string of the molecule is CCc1cc(C[C@@H](C[C@H](N)[C@@H](O)C[C@H](C(=O)NC2CCOCC2)C(C)C)C(C)C)ccc1OCCCOC. The molecule has 0 unspecified atom stereocenters. The highest BCUT2D eigenvalue weighted by molar-refractivity contribution is 5.79. The Balaban J connectivity index is 1.98. The van der Waals surface area contributed by atoms with Gasteiger partial charge in [-0.15, -0.1) is 0 Å². The third-order valence-electron chi connectivity index (χ3n) is 7.97. The van der Waals surface area contributed by atoms with E-state index in [0.29, 0.717) is 51.1 Å². The van der Waals surface area contributed by atoms with E-state index in [9.17, 15) is 9.90 Å². The summed E-state index contributed by atoms with van der Waals surface area (Å²) in [5.41, 5.74) is 9.05. The van der Waals surface area contributed by atoms with Crippen molar-refractivity contribution < 1.29 is 24.1 Å². The van der Waals surface area contributed by atoms with Crippen LogP contribution >= 0.6 is 0 Å². The molecule has 38 heavy (non-hydrogen) atoms. The molecule has 1 aromatic rings. The van der Waals surface area contributed by atoms with Crippen molar-refractivity contribution in [2.45, 2.75) is 97.8 Å². The van der Waals surface area contributed by atoms with Crippen molar-refractivity contribution in [3.8, 4) is 5.75 Å². The molecule has 1 fully saturated rings. The van der Waals surface area contributed by atoms with Crippen LogP contribution in [0.2, 0.25) is 0 Å². The van der Waals surface area contributed by atoms with Gasteiger partial charge in [-0.05, 0) is 73.5 Å². The number of carbonyl (C=O) groups is 1. The Morgan fingerprint density at radius 1 is 1.13 bits per heavy atom. The van der Waals surface area contributed by atoms with Gasteiger partial charge in [0, 0.05) is 51.4 Å². The Morgan fingerprint density at radius 2 is 1.84 bits per heavy atom. The summed E-state index contributed by atoms with van der Waals surface area (Å²) >= 11 is 0. The van der Waals surface area contributed by atoms with E-state index in [1.54, 1.807) is 7.11 Å². The van der Waals surface area contributed by atoms with Gasteiger partial charge in [-0.2, -0.15) is 0 Å². The summed E-state index contributed by atoms with van der Waals surface area (Å²) in [5, 5.41) is 14.3. The van der Waals surface area contributed by atoms with Gasteiger partial charge in [0.25, 0.3) is 0 Å². The van der Waals surface area contributed by atoms with Gasteiger partial charge in [-0.1, -0.05) is 46.8 Å². The van der Waals surface area contributed by atoms with Crippen LogP contribution in [0.25, 0.3) is 0 Å². The van der Waals surface area contributed by atoms with E-state index >= 15 is 0 Å². The largest absolute Gasteiger partial charge is 0.493 e. The fourth-order valence-corrected chi connectivity index (χ4v) is 5.23. The molecule has 0 bridgehead atoms. The molecule has 0 aromatic heterocycles. The van der Waals surface area contributed by atoms with Crippen molar-refractivity contribution in [3.63, 3.8) is 0 Å². The number of hydrogen-bond donors (Lipinski definition) is 3. The van der Waals surface area contributed by atoms with Gasteiger partial charge >= 0.3 is 0 Å². The van der Waals surface area contributed by atoms with Crippen LogP contribution in [0.3, 0.4) is 0 Å². The number of aryl methyl sites for hydroxylation is 1. The molecule has 7 heteroatoms. The molecule has 0 saturated carbocycles. The first kappa shape index (κ1) is 32.5. The number of methoxy groups -OCH3 is 1. The van der Waals surface area contributed by atoms with E-state index in [0.717, 1.165) is 37.9 Å². The fraction of sp³-hybridized carbons (Fsp3) is 0.774. The third kappa shape index (κ3) is 10.8. The average Bonchev–Trinajstić information content (AvgIpc) is 2.89. The maximum absolute atomic E-state index is 13.0. The van der Waals surface area contributed by atoms with Crippen molar-refractivity contribution >= 4 is 5.91 Å². The number of nitrogens with two attached hydrogens (primary N) is 1. The Labute approximate surface area is 231 Å². The summed E-state index contributed by atoms with van der Waals surface area (Å²) in [6.07, 6.45) is 4.72. The molecule has 0 spiro atoms. The number of nitrogens with one attached hydrogen (secondary N) is 1. The highest BCUT2D eigenvalue weighted by Crippen LogP contribution is 2.28. The minimum absolute atomic E-state index is 0.0233. The van der Waals surface area contributed by atoms with Gasteiger partial charge < -0.3 is 30.4 Å². The molecule has 4 N–H and O–H groups in total. The Bertz CT molecular complexity index is 809. The zero-order valence-corrected chi connectivity index (χ0v) is 24.7. The molecule has 1 saturated heterocycles. The molecule has 1 heterocycles. The van der Waals surface area contributed by atoms with E-state index in [4.69, 9.17) is 19.9 Å². The second-order valence-electron chi connectivity index (χ2n) is 11.6. The summed E-state index contributed by atoms with van der Waals surface area (Å²) in [4.78, 5) is 13.0. The van der Waals surface area contributed by atoms with Gasteiger partial charge in [-0.25, -0.2) is 0 Å². The Morgan fingerprint density at radius 3 is 2.45 bits per heavy atom. The maximum atomic E-state index is 13.0. The molecule has 0 aliphatic carbocycles. The number of ether oxygens (including phenoxy) is 3. The van der Waals surface area contributed by atoms with E-state index in [1.165, 1.54) is 11.1 Å². The number of benzene rings is 1. The number of hydrogen-bond acceptors (Lipinski definition) is 6. The number of aliphatic hydroxyl groups is 1. The lowest BCUT2D eigenvalue weighted by Gasteiger charge is -2.31. The highest BCUT2D eigenvalue weighted by Gasteiger charge is 2.31. The summed E-state index contributed by atoms with van der Waals surface area (Å²) in [5.74, 6) is 1.57. The van der Waals surface area contributed by atoms with E-state index < -0.39 is 6.10 Å². The average molecular weight is 535 g/mol. The predicted octanol–water partition coefficient (Wildman–Crippen LogP) is 4.51. The lowest BCUT2D eigenvalue weighted by atomic mass is 9.80. The molecule has 2 rings (SSSR count). The molecular weight excluding hydrogens is 480 g/mol. The Hall–Kier alpha value is -1.67. The number of amides is 1. The van der Waals surface area contributed by atoms with Crippen molar-refractivity contribution in [3.05, 3.63) is 29.3 Å². The second kappa shape index (κ2) is 17.1. The van der Waals surface area contributed by atoms with Crippen molar-refractivity contribution in [2.75, 3.05) is 33.5 Å². The number of aliphatic hydroxyl groups excluding tert-OH is 1. The lowest BCUT2D eigenvalue weighted by molar-refractivity contribution is -0.129. The first-order valence-corrected chi connectivity index (χ1v) is 14.7. The molecular formula is C31H54N2O5. The van der Waals surface area contributed by atoms with Crippen LogP contribution in [0.1, 0.15) is 77.8 Å². The molecule has 1 aromatic carbocycles. The fourth-order valence-electron chi connectivity index (χ4n) is 5.23. The molecule has 1 amide bonds. The molecule has 7 nitrogen and oxygen atoms in total. The molecule has 4 atom stereocenters. The zero-order chi connectivity index (χ0) is 28.1. The van der Waals surface area contributed by atoms with Gasteiger partial charge in [0.15, 0.2) is 0 Å². The van der Waals surface area contributed by atoms with Crippen LogP contribution < -0.4 is 15.8 Å². The monoisotopic (exact) mass is 534 g/mol. The molecule has 1 aliphatic rings. The molecule has 0 radical (unpaired) electrons. The molecule has 218 valence electrons. The van der Waals surface area contributed by atoms with Crippen LogP contribution in [0.5, 0.6) is 5.75 Å². The number of rotatable bonds is 17.